The van der Waals surface area contributed by atoms with E-state index >= 15 is 0 Å². The van der Waals surface area contributed by atoms with Crippen LogP contribution in [0.2, 0.25) is 0 Å². The van der Waals surface area contributed by atoms with Gasteiger partial charge in [-0.2, -0.15) is 0 Å². The number of carbonyl (C=O) groups is 2. The van der Waals surface area contributed by atoms with Gasteiger partial charge >= 0.3 is 0 Å². The number of methoxy groups -OCH3 is 3. The predicted octanol–water partition coefficient (Wildman–Crippen LogP) is 3.60. The molecule has 0 saturated carbocycles. The molecule has 1 aliphatic rings. The van der Waals surface area contributed by atoms with Gasteiger partial charge in [0.25, 0.3) is 11.8 Å². The number of hydrogen-bond acceptors (Lipinski definition) is 5. The topological polar surface area (TPSA) is 65.1 Å². The maximum Gasteiger partial charge on any atom is 0.268 e. The Labute approximate surface area is 185 Å². The number of halogens is 1. The SMILES string of the molecule is COc1cc(/C=C/C(=O)N2CCC=C(C#Cc3ccc(F)cc3)C2=O)cc(OC)c1OC. The van der Waals surface area contributed by atoms with Crippen molar-refractivity contribution in [3.05, 3.63) is 71.1 Å². The van der Waals surface area contributed by atoms with Crippen LogP contribution in [0, 0.1) is 17.7 Å². The molecule has 1 aliphatic heterocycles. The standard InChI is InChI=1S/C25H22FNO5/c1-30-21-15-18(16-22(31-2)24(21)32-3)9-13-23(28)27-14-4-5-19(25(27)29)10-6-17-7-11-20(26)12-8-17/h5,7-9,11-13,15-16H,4,14H2,1-3H3/b13-9+. The Morgan fingerprint density at radius 3 is 2.28 bits per heavy atom. The van der Waals surface area contributed by atoms with Gasteiger partial charge in [-0.15, -0.1) is 0 Å². The summed E-state index contributed by atoms with van der Waals surface area (Å²) in [6.45, 7) is 0.263. The van der Waals surface area contributed by atoms with Crippen LogP contribution in [0.25, 0.3) is 6.08 Å². The van der Waals surface area contributed by atoms with E-state index in [0.29, 0.717) is 34.8 Å². The molecule has 0 radical (unpaired) electrons. The smallest absolute Gasteiger partial charge is 0.268 e. The van der Waals surface area contributed by atoms with E-state index in [1.54, 1.807) is 24.3 Å². The lowest BCUT2D eigenvalue weighted by atomic mass is 10.1. The van der Waals surface area contributed by atoms with Gasteiger partial charge in [0.1, 0.15) is 5.82 Å². The Morgan fingerprint density at radius 2 is 1.69 bits per heavy atom. The largest absolute Gasteiger partial charge is 0.493 e. The minimum atomic E-state index is -0.467. The average Bonchev–Trinajstić information content (AvgIpc) is 2.82. The fourth-order valence-corrected chi connectivity index (χ4v) is 3.11. The van der Waals surface area contributed by atoms with E-state index in [9.17, 15) is 14.0 Å². The predicted molar refractivity (Wildman–Crippen MR) is 118 cm³/mol. The Hall–Kier alpha value is -4.05. The van der Waals surface area contributed by atoms with Crippen LogP contribution in [0.3, 0.4) is 0 Å². The van der Waals surface area contributed by atoms with Gasteiger partial charge in [0, 0.05) is 18.2 Å². The van der Waals surface area contributed by atoms with Crippen molar-refractivity contribution in [3.63, 3.8) is 0 Å². The van der Waals surface area contributed by atoms with Crippen molar-refractivity contribution in [2.24, 2.45) is 0 Å². The third-order valence-electron chi connectivity index (χ3n) is 4.73. The number of benzene rings is 2. The fraction of sp³-hybridized carbons (Fsp3) is 0.200. The molecule has 2 aromatic rings. The summed E-state index contributed by atoms with van der Waals surface area (Å²) < 4.78 is 28.9. The van der Waals surface area contributed by atoms with Gasteiger partial charge in [-0.05, 0) is 54.5 Å². The van der Waals surface area contributed by atoms with E-state index in [1.165, 1.54) is 51.7 Å². The third kappa shape index (κ3) is 5.16. The van der Waals surface area contributed by atoms with Gasteiger partial charge in [0.15, 0.2) is 11.5 Å². The van der Waals surface area contributed by atoms with Gasteiger partial charge in [0.05, 0.1) is 26.9 Å². The molecule has 0 spiro atoms. The molecular weight excluding hydrogens is 413 g/mol. The van der Waals surface area contributed by atoms with Crippen LogP contribution in [0.4, 0.5) is 4.39 Å². The molecule has 0 unspecified atom stereocenters. The highest BCUT2D eigenvalue weighted by Crippen LogP contribution is 2.38. The molecule has 0 saturated heterocycles. The minimum absolute atomic E-state index is 0.232. The van der Waals surface area contributed by atoms with E-state index < -0.39 is 11.8 Å². The molecule has 0 aromatic heterocycles. The van der Waals surface area contributed by atoms with Crippen molar-refractivity contribution in [1.82, 2.24) is 4.90 Å². The van der Waals surface area contributed by atoms with Crippen LogP contribution < -0.4 is 14.2 Å². The number of imide groups is 1. The molecule has 6 nitrogen and oxygen atoms in total. The maximum absolute atomic E-state index is 13.0. The number of ether oxygens (including phenoxy) is 3. The quantitative estimate of drug-likeness (QED) is 0.530. The van der Waals surface area contributed by atoms with E-state index in [4.69, 9.17) is 14.2 Å². The van der Waals surface area contributed by atoms with Gasteiger partial charge in [-0.25, -0.2) is 4.39 Å². The van der Waals surface area contributed by atoms with Gasteiger partial charge in [-0.1, -0.05) is 17.9 Å². The molecule has 2 amide bonds. The first-order chi connectivity index (χ1) is 15.5. The summed E-state index contributed by atoms with van der Waals surface area (Å²) in [4.78, 5) is 26.5. The van der Waals surface area contributed by atoms with Gasteiger partial charge in [0.2, 0.25) is 5.75 Å². The Morgan fingerprint density at radius 1 is 1.03 bits per heavy atom. The lowest BCUT2D eigenvalue weighted by Crippen LogP contribution is -2.39. The van der Waals surface area contributed by atoms with Crippen LogP contribution in [-0.4, -0.2) is 44.6 Å². The second-order valence-corrected chi connectivity index (χ2v) is 6.75. The Kier molecular flexibility index (Phi) is 7.29. The molecule has 0 fully saturated rings. The number of nitrogens with zero attached hydrogens (tertiary/aromatic N) is 1. The molecule has 3 rings (SSSR count). The molecule has 7 heteroatoms. The Balaban J connectivity index is 1.76. The normalized spacial score (nSPS) is 13.3. The lowest BCUT2D eigenvalue weighted by molar-refractivity contribution is -0.139. The second kappa shape index (κ2) is 10.3. The molecular formula is C25H22FNO5. The monoisotopic (exact) mass is 435 g/mol. The highest BCUT2D eigenvalue weighted by Gasteiger charge is 2.25. The molecule has 2 aromatic carbocycles. The highest BCUT2D eigenvalue weighted by molar-refractivity contribution is 6.11. The minimum Gasteiger partial charge on any atom is -0.493 e. The van der Waals surface area contributed by atoms with Gasteiger partial charge < -0.3 is 14.2 Å². The molecule has 0 N–H and O–H groups in total. The summed E-state index contributed by atoms with van der Waals surface area (Å²) in [7, 11) is 4.51. The highest BCUT2D eigenvalue weighted by atomic mass is 19.1. The number of carbonyl (C=O) groups excluding carboxylic acids is 2. The van der Waals surface area contributed by atoms with Crippen molar-refractivity contribution < 1.29 is 28.2 Å². The van der Waals surface area contributed by atoms with Crippen LogP contribution in [0.15, 0.2) is 54.1 Å². The average molecular weight is 435 g/mol. The molecule has 164 valence electrons. The molecule has 32 heavy (non-hydrogen) atoms. The zero-order chi connectivity index (χ0) is 23.1. The van der Waals surface area contributed by atoms with Crippen molar-refractivity contribution >= 4 is 17.9 Å². The van der Waals surface area contributed by atoms with Crippen LogP contribution >= 0.6 is 0 Å². The summed E-state index contributed by atoms with van der Waals surface area (Å²) >= 11 is 0. The third-order valence-corrected chi connectivity index (χ3v) is 4.73. The summed E-state index contributed by atoms with van der Waals surface area (Å²) in [5, 5.41) is 0. The maximum atomic E-state index is 13.0. The number of amides is 2. The van der Waals surface area contributed by atoms with Crippen molar-refractivity contribution in [1.29, 1.82) is 0 Å². The first kappa shape index (κ1) is 22.6. The fourth-order valence-electron chi connectivity index (χ4n) is 3.11. The zero-order valence-electron chi connectivity index (χ0n) is 18.0. The Bertz CT molecular complexity index is 1110. The summed E-state index contributed by atoms with van der Waals surface area (Å²) in [6.07, 6.45) is 5.09. The van der Waals surface area contributed by atoms with Crippen LogP contribution in [-0.2, 0) is 9.59 Å². The van der Waals surface area contributed by atoms with Crippen LogP contribution in [0.1, 0.15) is 17.5 Å². The zero-order valence-corrected chi connectivity index (χ0v) is 18.0. The number of rotatable bonds is 5. The molecule has 0 atom stereocenters. The summed E-state index contributed by atoms with van der Waals surface area (Å²) in [5.41, 5.74) is 1.45. The van der Waals surface area contributed by atoms with E-state index in [2.05, 4.69) is 11.8 Å². The van der Waals surface area contributed by atoms with E-state index in [1.807, 2.05) is 0 Å². The second-order valence-electron chi connectivity index (χ2n) is 6.75. The van der Waals surface area contributed by atoms with Gasteiger partial charge in [-0.3, -0.25) is 14.5 Å². The number of hydrogen-bond donors (Lipinski definition) is 0. The van der Waals surface area contributed by atoms with Crippen molar-refractivity contribution in [2.75, 3.05) is 27.9 Å². The summed E-state index contributed by atoms with van der Waals surface area (Å²) in [6, 6.07) is 9.04. The first-order valence-corrected chi connectivity index (χ1v) is 9.78. The van der Waals surface area contributed by atoms with Crippen molar-refractivity contribution in [2.45, 2.75) is 6.42 Å². The van der Waals surface area contributed by atoms with E-state index in [0.717, 1.165) is 4.90 Å². The van der Waals surface area contributed by atoms with E-state index in [-0.39, 0.29) is 17.9 Å². The molecule has 1 heterocycles. The molecule has 0 aliphatic carbocycles. The molecule has 0 bridgehead atoms. The van der Waals surface area contributed by atoms with Crippen LogP contribution in [0.5, 0.6) is 17.2 Å². The first-order valence-electron chi connectivity index (χ1n) is 9.78. The summed E-state index contributed by atoms with van der Waals surface area (Å²) in [5.74, 6) is 5.67. The van der Waals surface area contributed by atoms with Crippen molar-refractivity contribution in [3.8, 4) is 29.1 Å². The lowest BCUT2D eigenvalue weighted by Gasteiger charge is -2.22.